The van der Waals surface area contributed by atoms with Crippen molar-refractivity contribution in [2.75, 3.05) is 6.61 Å². The summed E-state index contributed by atoms with van der Waals surface area (Å²) in [5, 5.41) is 6.74. The Morgan fingerprint density at radius 2 is 1.90 bits per heavy atom. The molecule has 0 atom stereocenters. The van der Waals surface area contributed by atoms with E-state index < -0.39 is 31.5 Å². The molecule has 158 valence electrons. The molecule has 3 N–H and O–H groups in total. The first-order valence-corrected chi connectivity index (χ1v) is 10.9. The first-order chi connectivity index (χ1) is 13.5. The Labute approximate surface area is 174 Å². The van der Waals surface area contributed by atoms with Crippen LogP contribution >= 0.6 is 35.6 Å². The Morgan fingerprint density at radius 3 is 2.48 bits per heavy atom. The number of H-pyrrole nitrogens is 1. The van der Waals surface area contributed by atoms with Gasteiger partial charge in [0.25, 0.3) is 0 Å². The zero-order valence-electron chi connectivity index (χ0n) is 14.3. The zero-order chi connectivity index (χ0) is 21.4. The quantitative estimate of drug-likeness (QED) is 0.200. The number of ether oxygens (including phenoxy) is 1. The maximum absolute atomic E-state index is 14.2. The van der Waals surface area contributed by atoms with Gasteiger partial charge in [0.2, 0.25) is 8.38 Å². The highest BCUT2D eigenvalue weighted by Gasteiger charge is 2.45. The molecule has 2 heterocycles. The lowest BCUT2D eigenvalue weighted by molar-refractivity contribution is -0.136. The second kappa shape index (κ2) is 8.43. The summed E-state index contributed by atoms with van der Waals surface area (Å²) in [5.41, 5.74) is -2.73. The molecular formula is C16H13BrF5N2O3PS. The van der Waals surface area contributed by atoms with Crippen molar-refractivity contribution < 1.29 is 36.5 Å². The molecule has 0 aliphatic carbocycles. The molecule has 0 saturated heterocycles. The lowest BCUT2D eigenvalue weighted by atomic mass is 10.1. The summed E-state index contributed by atoms with van der Waals surface area (Å²) in [5.74, 6) is 0.119. The van der Waals surface area contributed by atoms with Crippen molar-refractivity contribution in [1.29, 1.82) is 0 Å². The molecule has 0 aliphatic rings. The maximum Gasteiger partial charge on any atom is 0.389 e. The summed E-state index contributed by atoms with van der Waals surface area (Å²) < 4.78 is 71.2. The van der Waals surface area contributed by atoms with Gasteiger partial charge in [0, 0.05) is 28.0 Å². The Balaban J connectivity index is 2.04. The average Bonchev–Trinajstić information content (AvgIpc) is 3.26. The number of aromatic amines is 1. The Morgan fingerprint density at radius 1 is 1.17 bits per heavy atom. The fourth-order valence-electron chi connectivity index (χ4n) is 2.56. The highest BCUT2D eigenvalue weighted by Crippen LogP contribution is 2.58. The molecule has 13 heteroatoms. The van der Waals surface area contributed by atoms with Crippen molar-refractivity contribution in [3.05, 3.63) is 33.9 Å². The van der Waals surface area contributed by atoms with Gasteiger partial charge in [-0.3, -0.25) is 5.10 Å². The molecule has 0 spiro atoms. The van der Waals surface area contributed by atoms with E-state index in [0.717, 1.165) is 0 Å². The van der Waals surface area contributed by atoms with Crippen molar-refractivity contribution >= 4 is 45.7 Å². The van der Waals surface area contributed by atoms with Crippen molar-refractivity contribution in [1.82, 2.24) is 10.2 Å². The van der Waals surface area contributed by atoms with Crippen LogP contribution in [0.2, 0.25) is 0 Å². The monoisotopic (exact) mass is 518 g/mol. The van der Waals surface area contributed by atoms with Gasteiger partial charge in [-0.05, 0) is 40.0 Å². The summed E-state index contributed by atoms with van der Waals surface area (Å²) in [6, 6.07) is 3.10. The van der Waals surface area contributed by atoms with Gasteiger partial charge in [0.1, 0.15) is 5.75 Å². The third kappa shape index (κ3) is 4.88. The second-order valence-electron chi connectivity index (χ2n) is 5.98. The zero-order valence-corrected chi connectivity index (χ0v) is 17.6. The molecular weight excluding hydrogens is 506 g/mol. The second-order valence-corrected chi connectivity index (χ2v) is 8.94. The lowest BCUT2D eigenvalue weighted by Gasteiger charge is -2.15. The molecule has 0 aliphatic heterocycles. The molecule has 0 bridgehead atoms. The van der Waals surface area contributed by atoms with E-state index in [0.29, 0.717) is 27.8 Å². The van der Waals surface area contributed by atoms with Crippen LogP contribution in [0.3, 0.4) is 0 Å². The summed E-state index contributed by atoms with van der Waals surface area (Å²) >= 11 is 3.67. The third-order valence-electron chi connectivity index (χ3n) is 3.91. The van der Waals surface area contributed by atoms with E-state index >= 15 is 0 Å². The van der Waals surface area contributed by atoms with Crippen molar-refractivity contribution in [2.45, 2.75) is 24.7 Å². The average molecular weight is 519 g/mol. The number of nitrogens with zero attached hydrogens (tertiary/aromatic N) is 1. The van der Waals surface area contributed by atoms with Crippen LogP contribution in [0, 0.1) is 0 Å². The molecule has 0 amide bonds. The number of halogens is 6. The highest BCUT2D eigenvalue weighted by atomic mass is 79.9. The van der Waals surface area contributed by atoms with Crippen LogP contribution in [-0.2, 0) is 5.66 Å². The number of hydrogen-bond donors (Lipinski definition) is 3. The van der Waals surface area contributed by atoms with Crippen LogP contribution in [0.5, 0.6) is 5.75 Å². The van der Waals surface area contributed by atoms with Crippen LogP contribution in [0.15, 0.2) is 29.0 Å². The van der Waals surface area contributed by atoms with E-state index in [-0.39, 0.29) is 27.9 Å². The number of thiophene rings is 1. The van der Waals surface area contributed by atoms with E-state index in [4.69, 9.17) is 14.5 Å². The van der Waals surface area contributed by atoms with Gasteiger partial charge in [-0.2, -0.15) is 27.1 Å². The molecule has 2 aromatic heterocycles. The predicted molar refractivity (Wildman–Crippen MR) is 103 cm³/mol. The Bertz CT molecular complexity index is 995. The third-order valence-corrected chi connectivity index (χ3v) is 7.17. The number of alkyl halides is 5. The van der Waals surface area contributed by atoms with Gasteiger partial charge in [-0.1, -0.05) is 0 Å². The molecule has 29 heavy (non-hydrogen) atoms. The molecule has 3 rings (SSSR count). The van der Waals surface area contributed by atoms with Crippen LogP contribution in [0.25, 0.3) is 21.2 Å². The summed E-state index contributed by atoms with van der Waals surface area (Å²) in [6.45, 7) is -0.266. The number of fused-ring (bicyclic) bond motifs is 1. The van der Waals surface area contributed by atoms with Gasteiger partial charge < -0.3 is 14.5 Å². The van der Waals surface area contributed by atoms with Gasteiger partial charge in [-0.25, -0.2) is 0 Å². The molecule has 0 fully saturated rings. The SMILES string of the molecule is OP(O)C(F)(F)c1sc2c(OCCCC(F)(F)F)cc(-c3cn[nH]c3)cc2c1Br. The van der Waals surface area contributed by atoms with Gasteiger partial charge in [-0.15, -0.1) is 11.3 Å². The van der Waals surface area contributed by atoms with Gasteiger partial charge >= 0.3 is 11.8 Å². The minimum absolute atomic E-state index is 0.0383. The van der Waals surface area contributed by atoms with E-state index in [1.165, 1.54) is 12.3 Å². The van der Waals surface area contributed by atoms with Crippen molar-refractivity contribution in [3.63, 3.8) is 0 Å². The van der Waals surface area contributed by atoms with Crippen molar-refractivity contribution in [3.8, 4) is 16.9 Å². The van der Waals surface area contributed by atoms with Crippen LogP contribution in [-0.4, -0.2) is 32.8 Å². The van der Waals surface area contributed by atoms with Crippen LogP contribution in [0.1, 0.15) is 17.7 Å². The molecule has 5 nitrogen and oxygen atoms in total. The maximum atomic E-state index is 14.2. The highest BCUT2D eigenvalue weighted by molar-refractivity contribution is 9.10. The van der Waals surface area contributed by atoms with E-state index in [2.05, 4.69) is 26.1 Å². The molecule has 0 saturated carbocycles. The molecule has 0 radical (unpaired) electrons. The summed E-state index contributed by atoms with van der Waals surface area (Å²) in [4.78, 5) is 17.6. The predicted octanol–water partition coefficient (Wildman–Crippen LogP) is 6.12. The Hall–Kier alpha value is -1.33. The topological polar surface area (TPSA) is 78.4 Å². The van der Waals surface area contributed by atoms with E-state index in [1.54, 1.807) is 12.3 Å². The number of benzene rings is 1. The molecule has 0 unspecified atom stereocenters. The number of nitrogens with one attached hydrogen (secondary N) is 1. The van der Waals surface area contributed by atoms with Crippen LogP contribution in [0.4, 0.5) is 22.0 Å². The largest absolute Gasteiger partial charge is 0.492 e. The lowest BCUT2D eigenvalue weighted by Crippen LogP contribution is -2.09. The van der Waals surface area contributed by atoms with E-state index in [1.807, 2.05) is 0 Å². The fraction of sp³-hybridized carbons (Fsp3) is 0.312. The van der Waals surface area contributed by atoms with Crippen molar-refractivity contribution in [2.24, 2.45) is 0 Å². The number of hydrogen-bond acceptors (Lipinski definition) is 5. The molecule has 1 aromatic carbocycles. The summed E-state index contributed by atoms with van der Waals surface area (Å²) in [7, 11) is -3.59. The van der Waals surface area contributed by atoms with Gasteiger partial charge in [0.15, 0.2) is 0 Å². The molecule has 3 aromatic rings. The standard InChI is InChI=1S/C16H13BrF5N2O3PS/c17-12-10-4-8(9-6-23-24-7-9)5-11(27-3-1-2-15(18,19)20)13(10)29-14(12)16(21,22)28(25)26/h4-7,25-26H,1-3H2,(H,23,24). The minimum Gasteiger partial charge on any atom is -0.492 e. The normalized spacial score (nSPS) is 12.9. The first-order valence-electron chi connectivity index (χ1n) is 8.01. The summed E-state index contributed by atoms with van der Waals surface area (Å²) in [6.07, 6.45) is -2.60. The van der Waals surface area contributed by atoms with Crippen LogP contribution < -0.4 is 4.74 Å². The van der Waals surface area contributed by atoms with E-state index in [9.17, 15) is 22.0 Å². The first kappa shape index (κ1) is 22.4. The Kier molecular flexibility index (Phi) is 6.50. The number of aromatic nitrogens is 2. The smallest absolute Gasteiger partial charge is 0.389 e. The number of rotatable bonds is 7. The van der Waals surface area contributed by atoms with Gasteiger partial charge in [0.05, 0.1) is 22.4 Å². The minimum atomic E-state index is -4.32. The fourth-order valence-corrected chi connectivity index (χ4v) is 5.34.